The Hall–Kier alpha value is -1.77. The van der Waals surface area contributed by atoms with Crippen LogP contribution in [-0.4, -0.2) is 13.1 Å². The molecule has 88 valence electrons. The highest BCUT2D eigenvalue weighted by molar-refractivity contribution is 5.91. The minimum absolute atomic E-state index is 0.256. The van der Waals surface area contributed by atoms with Crippen LogP contribution in [0, 0.1) is 0 Å². The van der Waals surface area contributed by atoms with Crippen molar-refractivity contribution in [3.05, 3.63) is 41.5 Å². The Morgan fingerprint density at radius 2 is 2.29 bits per heavy atom. The number of carbonyl (C=O) groups is 1. The fourth-order valence-electron chi connectivity index (χ4n) is 2.81. The molecule has 1 spiro atoms. The first-order valence-electron chi connectivity index (χ1n) is 5.73. The molecule has 1 aliphatic heterocycles. The molecule has 0 amide bonds. The Morgan fingerprint density at radius 1 is 1.47 bits per heavy atom. The van der Waals surface area contributed by atoms with Gasteiger partial charge in [0.2, 0.25) is 0 Å². The molecule has 0 radical (unpaired) electrons. The molecule has 1 atom stereocenters. The van der Waals surface area contributed by atoms with Crippen LogP contribution in [0.25, 0.3) is 0 Å². The van der Waals surface area contributed by atoms with E-state index in [9.17, 15) is 4.79 Å². The second-order valence-electron chi connectivity index (χ2n) is 4.69. The lowest BCUT2D eigenvalue weighted by molar-refractivity contribution is -0.147. The van der Waals surface area contributed by atoms with Gasteiger partial charge in [0.25, 0.3) is 0 Å². The van der Waals surface area contributed by atoms with Crippen molar-refractivity contribution < 1.29 is 14.3 Å². The zero-order valence-corrected chi connectivity index (χ0v) is 9.79. The van der Waals surface area contributed by atoms with E-state index in [0.29, 0.717) is 12.0 Å². The minimum Gasteiger partial charge on any atom is -0.497 e. The standard InChI is InChI=1S/C14H14O3/c1-9-8-14(17-13(9)15)6-5-10-7-11(16-2)3-4-12(10)14/h3-4,7H,1,5-6,8H2,2H3/t14-/m0/s1. The van der Waals surface area contributed by atoms with Crippen molar-refractivity contribution >= 4 is 5.97 Å². The predicted molar refractivity (Wildman–Crippen MR) is 62.8 cm³/mol. The third-order valence-electron chi connectivity index (χ3n) is 3.68. The van der Waals surface area contributed by atoms with Gasteiger partial charge in [-0.05, 0) is 36.1 Å². The predicted octanol–water partition coefficient (Wildman–Crippen LogP) is 2.34. The molecule has 3 rings (SSSR count). The van der Waals surface area contributed by atoms with Gasteiger partial charge in [-0.1, -0.05) is 12.6 Å². The molecule has 1 aromatic rings. The smallest absolute Gasteiger partial charge is 0.334 e. The molecule has 0 N–H and O–H groups in total. The van der Waals surface area contributed by atoms with Crippen LogP contribution in [0.5, 0.6) is 5.75 Å². The molecule has 0 bridgehead atoms. The first kappa shape index (κ1) is 10.4. The maximum absolute atomic E-state index is 11.5. The van der Waals surface area contributed by atoms with Gasteiger partial charge in [-0.2, -0.15) is 0 Å². The highest BCUT2D eigenvalue weighted by Crippen LogP contribution is 2.48. The largest absolute Gasteiger partial charge is 0.497 e. The fourth-order valence-corrected chi connectivity index (χ4v) is 2.81. The van der Waals surface area contributed by atoms with Crippen molar-refractivity contribution in [2.75, 3.05) is 7.11 Å². The molecule has 1 aliphatic carbocycles. The molecule has 17 heavy (non-hydrogen) atoms. The number of fused-ring (bicyclic) bond motifs is 2. The molecular weight excluding hydrogens is 216 g/mol. The molecule has 1 fully saturated rings. The van der Waals surface area contributed by atoms with Gasteiger partial charge in [-0.25, -0.2) is 4.79 Å². The maximum Gasteiger partial charge on any atom is 0.334 e. The third-order valence-corrected chi connectivity index (χ3v) is 3.68. The first-order valence-corrected chi connectivity index (χ1v) is 5.73. The Kier molecular flexibility index (Phi) is 2.05. The van der Waals surface area contributed by atoms with Crippen LogP contribution in [0.4, 0.5) is 0 Å². The van der Waals surface area contributed by atoms with Gasteiger partial charge >= 0.3 is 5.97 Å². The van der Waals surface area contributed by atoms with Crippen molar-refractivity contribution in [3.63, 3.8) is 0 Å². The van der Waals surface area contributed by atoms with Crippen molar-refractivity contribution in [2.45, 2.75) is 24.9 Å². The first-order chi connectivity index (χ1) is 8.14. The molecule has 3 heteroatoms. The average molecular weight is 230 g/mol. The lowest BCUT2D eigenvalue weighted by atomic mass is 9.91. The van der Waals surface area contributed by atoms with Gasteiger partial charge in [-0.15, -0.1) is 0 Å². The van der Waals surface area contributed by atoms with Crippen molar-refractivity contribution in [1.29, 1.82) is 0 Å². The second kappa shape index (κ2) is 3.36. The van der Waals surface area contributed by atoms with E-state index < -0.39 is 5.60 Å². The lowest BCUT2D eigenvalue weighted by Gasteiger charge is -2.22. The molecule has 0 aromatic heterocycles. The lowest BCUT2D eigenvalue weighted by Crippen LogP contribution is -2.21. The van der Waals surface area contributed by atoms with Crippen molar-refractivity contribution in [2.24, 2.45) is 0 Å². The van der Waals surface area contributed by atoms with E-state index in [2.05, 4.69) is 6.58 Å². The van der Waals surface area contributed by atoms with Crippen LogP contribution in [0.15, 0.2) is 30.4 Å². The molecule has 3 nitrogen and oxygen atoms in total. The summed E-state index contributed by atoms with van der Waals surface area (Å²) in [6, 6.07) is 5.95. The number of carbonyl (C=O) groups excluding carboxylic acids is 1. The van der Waals surface area contributed by atoms with Crippen LogP contribution in [-0.2, 0) is 21.6 Å². The molecule has 1 saturated heterocycles. The van der Waals surface area contributed by atoms with Crippen LogP contribution < -0.4 is 4.74 Å². The summed E-state index contributed by atoms with van der Waals surface area (Å²) in [6.07, 6.45) is 2.39. The quantitative estimate of drug-likeness (QED) is 0.548. The van der Waals surface area contributed by atoms with Gasteiger partial charge in [0.05, 0.1) is 7.11 Å². The Bertz CT molecular complexity index is 500. The minimum atomic E-state index is -0.449. The van der Waals surface area contributed by atoms with Gasteiger partial charge in [0.15, 0.2) is 0 Å². The summed E-state index contributed by atoms with van der Waals surface area (Å²) in [5.74, 6) is 0.595. The van der Waals surface area contributed by atoms with Crippen molar-refractivity contribution in [1.82, 2.24) is 0 Å². The number of hydrogen-bond donors (Lipinski definition) is 0. The van der Waals surface area contributed by atoms with E-state index in [1.54, 1.807) is 7.11 Å². The molecule has 1 heterocycles. The van der Waals surface area contributed by atoms with Gasteiger partial charge in [0.1, 0.15) is 11.4 Å². The van der Waals surface area contributed by atoms with E-state index in [1.165, 1.54) is 5.56 Å². The maximum atomic E-state index is 11.5. The normalized spacial score (nSPS) is 26.2. The van der Waals surface area contributed by atoms with E-state index in [4.69, 9.17) is 9.47 Å². The summed E-state index contributed by atoms with van der Waals surface area (Å²) in [5, 5.41) is 0. The topological polar surface area (TPSA) is 35.5 Å². The monoisotopic (exact) mass is 230 g/mol. The second-order valence-corrected chi connectivity index (χ2v) is 4.69. The number of aryl methyl sites for hydroxylation is 1. The third kappa shape index (κ3) is 1.38. The molecule has 2 aliphatic rings. The molecular formula is C14H14O3. The zero-order chi connectivity index (χ0) is 12.0. The Balaban J connectivity index is 2.05. The fraction of sp³-hybridized carbons (Fsp3) is 0.357. The number of rotatable bonds is 1. The Labute approximate surface area is 100 Å². The number of methoxy groups -OCH3 is 1. The average Bonchev–Trinajstić information content (AvgIpc) is 2.81. The van der Waals surface area contributed by atoms with Crippen LogP contribution in [0.1, 0.15) is 24.0 Å². The SMILES string of the molecule is C=C1C[C@]2(CCc3cc(OC)ccc32)OC1=O. The molecule has 1 aromatic carbocycles. The number of esters is 1. The summed E-state index contributed by atoms with van der Waals surface area (Å²) in [6.45, 7) is 3.76. The van der Waals surface area contributed by atoms with E-state index in [1.807, 2.05) is 18.2 Å². The number of ether oxygens (including phenoxy) is 2. The van der Waals surface area contributed by atoms with Crippen LogP contribution in [0.3, 0.4) is 0 Å². The van der Waals surface area contributed by atoms with Gasteiger partial charge in [-0.3, -0.25) is 0 Å². The highest BCUT2D eigenvalue weighted by atomic mass is 16.6. The summed E-state index contributed by atoms with van der Waals surface area (Å²) in [7, 11) is 1.66. The molecule has 0 saturated carbocycles. The van der Waals surface area contributed by atoms with Gasteiger partial charge in [0, 0.05) is 12.0 Å². The van der Waals surface area contributed by atoms with Crippen LogP contribution >= 0.6 is 0 Å². The molecule has 0 unspecified atom stereocenters. The Morgan fingerprint density at radius 3 is 2.94 bits per heavy atom. The van der Waals surface area contributed by atoms with E-state index in [-0.39, 0.29) is 5.97 Å². The highest BCUT2D eigenvalue weighted by Gasteiger charge is 2.48. The summed E-state index contributed by atoms with van der Waals surface area (Å²) in [4.78, 5) is 11.5. The van der Waals surface area contributed by atoms with Gasteiger partial charge < -0.3 is 9.47 Å². The summed E-state index contributed by atoms with van der Waals surface area (Å²) >= 11 is 0. The zero-order valence-electron chi connectivity index (χ0n) is 9.79. The summed E-state index contributed by atoms with van der Waals surface area (Å²) < 4.78 is 10.8. The number of hydrogen-bond acceptors (Lipinski definition) is 3. The van der Waals surface area contributed by atoms with Crippen molar-refractivity contribution in [3.8, 4) is 5.75 Å². The number of benzene rings is 1. The summed E-state index contributed by atoms with van der Waals surface area (Å²) in [5.41, 5.74) is 2.46. The van der Waals surface area contributed by atoms with E-state index in [0.717, 1.165) is 24.2 Å². The van der Waals surface area contributed by atoms with Crippen LogP contribution in [0.2, 0.25) is 0 Å². The van der Waals surface area contributed by atoms with E-state index >= 15 is 0 Å².